The van der Waals surface area contributed by atoms with Crippen LogP contribution in [0.5, 0.6) is 0 Å². The van der Waals surface area contributed by atoms with Crippen LogP contribution in [0.15, 0.2) is 4.99 Å². The molecule has 0 bridgehead atoms. The fourth-order valence-electron chi connectivity index (χ4n) is 1.01. The molecule has 0 aromatic heterocycles. The number of hydrogen-bond donors (Lipinski definition) is 2. The lowest BCUT2D eigenvalue weighted by atomic mass is 10.1. The van der Waals surface area contributed by atoms with Crippen LogP contribution in [-0.2, 0) is 0 Å². The quantitative estimate of drug-likeness (QED) is 0.510. The molecule has 1 rings (SSSR count). The van der Waals surface area contributed by atoms with Crippen LogP contribution in [0, 0.1) is 11.3 Å². The average molecular weight is 183 g/mol. The molecule has 3 N–H and O–H groups in total. The standard InChI is InChI=1S/C10H21N3/c1-8(2)6-12-9(11)13-7-10(3)4-5-10/h8H,4-7H2,1-3H3,(H3,11,12,13). The van der Waals surface area contributed by atoms with Gasteiger partial charge in [-0.2, -0.15) is 0 Å². The molecule has 0 aromatic carbocycles. The van der Waals surface area contributed by atoms with E-state index in [1.807, 2.05) is 0 Å². The predicted octanol–water partition coefficient (Wildman–Crippen LogP) is 1.35. The third-order valence-corrected chi connectivity index (χ3v) is 2.43. The zero-order chi connectivity index (χ0) is 9.90. The molecule has 0 saturated heterocycles. The molecule has 0 unspecified atom stereocenters. The number of guanidine groups is 1. The van der Waals surface area contributed by atoms with Gasteiger partial charge in [0.05, 0.1) is 0 Å². The van der Waals surface area contributed by atoms with Crippen molar-refractivity contribution in [2.24, 2.45) is 22.1 Å². The second kappa shape index (κ2) is 3.99. The molecule has 13 heavy (non-hydrogen) atoms. The first kappa shape index (κ1) is 10.4. The summed E-state index contributed by atoms with van der Waals surface area (Å²) in [5.74, 6) is 1.21. The normalized spacial score (nSPS) is 20.5. The topological polar surface area (TPSA) is 50.4 Å². The summed E-state index contributed by atoms with van der Waals surface area (Å²) in [5, 5.41) is 3.11. The van der Waals surface area contributed by atoms with Crippen LogP contribution >= 0.6 is 0 Å². The van der Waals surface area contributed by atoms with Crippen LogP contribution in [0.4, 0.5) is 0 Å². The first-order chi connectivity index (χ1) is 6.02. The Hall–Kier alpha value is -0.730. The lowest BCUT2D eigenvalue weighted by molar-refractivity contribution is 0.582. The maximum absolute atomic E-state index is 5.70. The number of aliphatic imine (C=N–C) groups is 1. The summed E-state index contributed by atoms with van der Waals surface area (Å²) in [6.45, 7) is 8.35. The summed E-state index contributed by atoms with van der Waals surface area (Å²) in [7, 11) is 0. The molecule has 76 valence electrons. The number of nitrogens with two attached hydrogens (primary N) is 1. The summed E-state index contributed by atoms with van der Waals surface area (Å²) in [4.78, 5) is 4.31. The Kier molecular flexibility index (Phi) is 3.17. The van der Waals surface area contributed by atoms with Gasteiger partial charge in [-0.1, -0.05) is 20.8 Å². The predicted molar refractivity (Wildman–Crippen MR) is 56.7 cm³/mol. The molecular weight excluding hydrogens is 162 g/mol. The zero-order valence-corrected chi connectivity index (χ0v) is 8.93. The molecule has 0 radical (unpaired) electrons. The monoisotopic (exact) mass is 183 g/mol. The van der Waals surface area contributed by atoms with Gasteiger partial charge in [0.2, 0.25) is 0 Å². The highest BCUT2D eigenvalue weighted by Crippen LogP contribution is 2.44. The fraction of sp³-hybridized carbons (Fsp3) is 0.900. The third kappa shape index (κ3) is 4.15. The number of nitrogens with one attached hydrogen (secondary N) is 1. The second-order valence-corrected chi connectivity index (χ2v) is 4.79. The van der Waals surface area contributed by atoms with E-state index in [-0.39, 0.29) is 0 Å². The van der Waals surface area contributed by atoms with Crippen LogP contribution in [0.3, 0.4) is 0 Å². The Bertz CT molecular complexity index is 192. The van der Waals surface area contributed by atoms with E-state index in [2.05, 4.69) is 31.1 Å². The lowest BCUT2D eigenvalue weighted by Gasteiger charge is -2.09. The van der Waals surface area contributed by atoms with Crippen LogP contribution in [0.25, 0.3) is 0 Å². The Morgan fingerprint density at radius 2 is 2.15 bits per heavy atom. The molecule has 1 aliphatic carbocycles. The van der Waals surface area contributed by atoms with Crippen molar-refractivity contribution in [1.29, 1.82) is 0 Å². The third-order valence-electron chi connectivity index (χ3n) is 2.43. The lowest BCUT2D eigenvalue weighted by Crippen LogP contribution is -2.34. The molecule has 0 aliphatic heterocycles. The minimum absolute atomic E-state index is 0.462. The fourth-order valence-corrected chi connectivity index (χ4v) is 1.01. The number of rotatable bonds is 4. The largest absolute Gasteiger partial charge is 0.370 e. The van der Waals surface area contributed by atoms with Crippen molar-refractivity contribution in [2.75, 3.05) is 13.1 Å². The Balaban J connectivity index is 2.17. The van der Waals surface area contributed by atoms with Crippen molar-refractivity contribution in [3.63, 3.8) is 0 Å². The molecule has 0 amide bonds. The zero-order valence-electron chi connectivity index (χ0n) is 8.93. The van der Waals surface area contributed by atoms with Crippen LogP contribution in [0.2, 0.25) is 0 Å². The van der Waals surface area contributed by atoms with Crippen molar-refractivity contribution in [2.45, 2.75) is 33.6 Å². The van der Waals surface area contributed by atoms with Gasteiger partial charge in [-0.15, -0.1) is 0 Å². The van der Waals surface area contributed by atoms with Gasteiger partial charge >= 0.3 is 0 Å². The van der Waals surface area contributed by atoms with E-state index < -0.39 is 0 Å². The molecule has 0 atom stereocenters. The molecule has 0 aromatic rings. The van der Waals surface area contributed by atoms with Crippen LogP contribution in [-0.4, -0.2) is 19.0 Å². The summed E-state index contributed by atoms with van der Waals surface area (Å²) in [6, 6.07) is 0. The van der Waals surface area contributed by atoms with E-state index in [0.29, 0.717) is 17.3 Å². The number of hydrogen-bond acceptors (Lipinski definition) is 1. The first-order valence-corrected chi connectivity index (χ1v) is 5.06. The van der Waals surface area contributed by atoms with Crippen molar-refractivity contribution >= 4 is 5.96 Å². The van der Waals surface area contributed by atoms with Gasteiger partial charge in [0.1, 0.15) is 0 Å². The molecule has 3 nitrogen and oxygen atoms in total. The van der Waals surface area contributed by atoms with Crippen molar-refractivity contribution < 1.29 is 0 Å². The van der Waals surface area contributed by atoms with Crippen LogP contribution in [0.1, 0.15) is 33.6 Å². The highest BCUT2D eigenvalue weighted by Gasteiger charge is 2.36. The van der Waals surface area contributed by atoms with Crippen molar-refractivity contribution in [3.05, 3.63) is 0 Å². The van der Waals surface area contributed by atoms with Gasteiger partial charge in [-0.25, -0.2) is 0 Å². The Morgan fingerprint density at radius 1 is 1.54 bits per heavy atom. The molecule has 1 fully saturated rings. The minimum Gasteiger partial charge on any atom is -0.370 e. The highest BCUT2D eigenvalue weighted by atomic mass is 15.1. The smallest absolute Gasteiger partial charge is 0.188 e. The summed E-state index contributed by atoms with van der Waals surface area (Å²) >= 11 is 0. The van der Waals surface area contributed by atoms with Crippen LogP contribution < -0.4 is 11.1 Å². The van der Waals surface area contributed by atoms with Gasteiger partial charge < -0.3 is 11.1 Å². The minimum atomic E-state index is 0.462. The van der Waals surface area contributed by atoms with E-state index in [1.165, 1.54) is 12.8 Å². The van der Waals surface area contributed by atoms with E-state index >= 15 is 0 Å². The molecule has 0 heterocycles. The molecule has 1 saturated carbocycles. The van der Waals surface area contributed by atoms with E-state index in [9.17, 15) is 0 Å². The highest BCUT2D eigenvalue weighted by molar-refractivity contribution is 5.77. The maximum atomic E-state index is 5.70. The van der Waals surface area contributed by atoms with E-state index in [1.54, 1.807) is 0 Å². The van der Waals surface area contributed by atoms with Gasteiger partial charge in [-0.3, -0.25) is 4.99 Å². The average Bonchev–Trinajstić information content (AvgIpc) is 2.77. The van der Waals surface area contributed by atoms with Crippen molar-refractivity contribution in [3.8, 4) is 0 Å². The maximum Gasteiger partial charge on any atom is 0.188 e. The molecule has 3 heteroatoms. The summed E-state index contributed by atoms with van der Waals surface area (Å²) in [6.07, 6.45) is 2.60. The Labute approximate surface area is 80.8 Å². The van der Waals surface area contributed by atoms with E-state index in [0.717, 1.165) is 13.1 Å². The van der Waals surface area contributed by atoms with Gasteiger partial charge in [-0.05, 0) is 24.2 Å². The molecule has 1 aliphatic rings. The second-order valence-electron chi connectivity index (χ2n) is 4.79. The molecular formula is C10H21N3. The molecule has 0 spiro atoms. The van der Waals surface area contributed by atoms with Gasteiger partial charge in [0, 0.05) is 13.1 Å². The number of nitrogens with zero attached hydrogens (tertiary/aromatic N) is 1. The van der Waals surface area contributed by atoms with Crippen molar-refractivity contribution in [1.82, 2.24) is 5.32 Å². The summed E-state index contributed by atoms with van der Waals surface area (Å²) < 4.78 is 0. The SMILES string of the molecule is CC(C)CNC(N)=NCC1(C)CC1. The van der Waals surface area contributed by atoms with E-state index in [4.69, 9.17) is 5.73 Å². The van der Waals surface area contributed by atoms with Gasteiger partial charge in [0.15, 0.2) is 5.96 Å². The Morgan fingerprint density at radius 3 is 2.62 bits per heavy atom. The summed E-state index contributed by atoms with van der Waals surface area (Å²) in [5.41, 5.74) is 6.16. The first-order valence-electron chi connectivity index (χ1n) is 5.06. The van der Waals surface area contributed by atoms with Gasteiger partial charge in [0.25, 0.3) is 0 Å².